The van der Waals surface area contributed by atoms with E-state index in [2.05, 4.69) is 10.5 Å². The van der Waals surface area contributed by atoms with Crippen LogP contribution in [-0.4, -0.2) is 33.3 Å². The number of hydrazone groups is 1. The molecule has 0 bridgehead atoms. The number of hydrogen-bond donors (Lipinski definition) is 1. The predicted octanol–water partition coefficient (Wildman–Crippen LogP) is 2.87. The average Bonchev–Trinajstić information content (AvgIpc) is 2.54. The number of nitrogens with one attached hydrogen (secondary N) is 1. The lowest BCUT2D eigenvalue weighted by Crippen LogP contribution is -2.39. The molecule has 0 heterocycles. The predicted molar refractivity (Wildman–Crippen MR) is 105 cm³/mol. The lowest BCUT2D eigenvalue weighted by molar-refractivity contribution is -0.119. The van der Waals surface area contributed by atoms with Crippen LogP contribution in [0.4, 0.5) is 5.69 Å². The number of halogens is 1. The third-order valence-electron chi connectivity index (χ3n) is 3.72. The summed E-state index contributed by atoms with van der Waals surface area (Å²) in [4.78, 5) is 12.1. The molecule has 1 N–H and O–H groups in total. The molecular weight excluding hydrogens is 374 g/mol. The second kappa shape index (κ2) is 8.33. The first-order valence-corrected chi connectivity index (χ1v) is 10.0. The molecule has 0 aliphatic rings. The van der Waals surface area contributed by atoms with Crippen LogP contribution in [0.2, 0.25) is 5.02 Å². The number of sulfonamides is 1. The maximum absolute atomic E-state index is 12.1. The van der Waals surface area contributed by atoms with Crippen molar-refractivity contribution in [1.29, 1.82) is 0 Å². The molecule has 0 saturated heterocycles. The van der Waals surface area contributed by atoms with Gasteiger partial charge in [0, 0.05) is 5.02 Å². The first kappa shape index (κ1) is 19.9. The van der Waals surface area contributed by atoms with Crippen molar-refractivity contribution in [2.45, 2.75) is 13.8 Å². The molecule has 0 radical (unpaired) electrons. The molecule has 2 rings (SSSR count). The summed E-state index contributed by atoms with van der Waals surface area (Å²) < 4.78 is 25.2. The van der Waals surface area contributed by atoms with Crippen LogP contribution >= 0.6 is 11.6 Å². The molecule has 2 aromatic rings. The SMILES string of the molecule is Cc1ccc(N(CC(=O)N/N=C\c2cccc(Cl)c2)S(C)(=O)=O)cc1C. The largest absolute Gasteiger partial charge is 0.271 e. The highest BCUT2D eigenvalue weighted by Gasteiger charge is 2.21. The Hall–Kier alpha value is -2.38. The summed E-state index contributed by atoms with van der Waals surface area (Å²) in [6.45, 7) is 3.45. The van der Waals surface area contributed by atoms with Gasteiger partial charge in [0.05, 0.1) is 18.2 Å². The number of rotatable bonds is 6. The fraction of sp³-hybridized carbons (Fsp3) is 0.222. The molecule has 26 heavy (non-hydrogen) atoms. The number of amides is 1. The van der Waals surface area contributed by atoms with Crippen molar-refractivity contribution in [3.05, 3.63) is 64.2 Å². The van der Waals surface area contributed by atoms with Crippen LogP contribution < -0.4 is 9.73 Å². The summed E-state index contributed by atoms with van der Waals surface area (Å²) in [6, 6.07) is 12.2. The summed E-state index contributed by atoms with van der Waals surface area (Å²) >= 11 is 5.87. The van der Waals surface area contributed by atoms with Gasteiger partial charge in [-0.05, 0) is 54.8 Å². The smallest absolute Gasteiger partial charge is 0.260 e. The first-order chi connectivity index (χ1) is 12.2. The number of aryl methyl sites for hydroxylation is 2. The summed E-state index contributed by atoms with van der Waals surface area (Å²) in [7, 11) is -3.62. The van der Waals surface area contributed by atoms with E-state index in [0.29, 0.717) is 16.3 Å². The standard InChI is InChI=1S/C18H20ClN3O3S/c1-13-7-8-17(9-14(13)2)22(26(3,24)25)12-18(23)21-20-11-15-5-4-6-16(19)10-15/h4-11H,12H2,1-3H3,(H,21,23)/b20-11-. The monoisotopic (exact) mass is 393 g/mol. The van der Waals surface area contributed by atoms with Crippen molar-refractivity contribution < 1.29 is 13.2 Å². The van der Waals surface area contributed by atoms with Crippen molar-refractivity contribution >= 4 is 39.4 Å². The number of hydrogen-bond acceptors (Lipinski definition) is 4. The third-order valence-corrected chi connectivity index (χ3v) is 5.09. The summed E-state index contributed by atoms with van der Waals surface area (Å²) in [5.41, 5.74) is 5.46. The molecule has 0 fully saturated rings. The highest BCUT2D eigenvalue weighted by Crippen LogP contribution is 2.21. The molecule has 138 valence electrons. The van der Waals surface area contributed by atoms with Crippen molar-refractivity contribution in [3.63, 3.8) is 0 Å². The van der Waals surface area contributed by atoms with E-state index in [0.717, 1.165) is 21.7 Å². The van der Waals surface area contributed by atoms with E-state index in [1.807, 2.05) is 19.9 Å². The van der Waals surface area contributed by atoms with Crippen molar-refractivity contribution in [2.75, 3.05) is 17.1 Å². The number of carbonyl (C=O) groups excluding carboxylic acids is 1. The van der Waals surface area contributed by atoms with Crippen LogP contribution in [-0.2, 0) is 14.8 Å². The summed E-state index contributed by atoms with van der Waals surface area (Å²) in [5, 5.41) is 4.39. The van der Waals surface area contributed by atoms with Crippen molar-refractivity contribution in [1.82, 2.24) is 5.43 Å². The highest BCUT2D eigenvalue weighted by atomic mass is 35.5. The van der Waals surface area contributed by atoms with Gasteiger partial charge in [-0.15, -0.1) is 0 Å². The van der Waals surface area contributed by atoms with E-state index in [9.17, 15) is 13.2 Å². The van der Waals surface area contributed by atoms with Gasteiger partial charge >= 0.3 is 0 Å². The van der Waals surface area contributed by atoms with Crippen LogP contribution in [0.15, 0.2) is 47.6 Å². The van der Waals surface area contributed by atoms with Crippen LogP contribution in [0.1, 0.15) is 16.7 Å². The minimum Gasteiger partial charge on any atom is -0.271 e. The van der Waals surface area contributed by atoms with Gasteiger partial charge in [-0.3, -0.25) is 9.10 Å². The van der Waals surface area contributed by atoms with Crippen LogP contribution in [0.25, 0.3) is 0 Å². The van der Waals surface area contributed by atoms with Gasteiger partial charge in [-0.2, -0.15) is 5.10 Å². The van der Waals surface area contributed by atoms with Gasteiger partial charge in [0.15, 0.2) is 0 Å². The molecular formula is C18H20ClN3O3S. The Labute approximate surface area is 158 Å². The topological polar surface area (TPSA) is 78.8 Å². The van der Waals surface area contributed by atoms with Gasteiger partial charge in [-0.1, -0.05) is 29.8 Å². The van der Waals surface area contributed by atoms with Crippen molar-refractivity contribution in [3.8, 4) is 0 Å². The van der Waals surface area contributed by atoms with Crippen LogP contribution in [0.5, 0.6) is 0 Å². The first-order valence-electron chi connectivity index (χ1n) is 7.79. The fourth-order valence-corrected chi connectivity index (χ4v) is 3.26. The second-order valence-electron chi connectivity index (χ2n) is 5.89. The molecule has 0 spiro atoms. The summed E-state index contributed by atoms with van der Waals surface area (Å²) in [5.74, 6) is -0.549. The highest BCUT2D eigenvalue weighted by molar-refractivity contribution is 7.92. The summed E-state index contributed by atoms with van der Waals surface area (Å²) in [6.07, 6.45) is 2.50. The number of nitrogens with zero attached hydrogens (tertiary/aromatic N) is 2. The molecule has 0 saturated carbocycles. The minimum atomic E-state index is -3.62. The van der Waals surface area contributed by atoms with Gasteiger partial charge < -0.3 is 0 Å². The Morgan fingerprint density at radius 2 is 1.92 bits per heavy atom. The lowest BCUT2D eigenvalue weighted by Gasteiger charge is -2.22. The van der Waals surface area contributed by atoms with E-state index in [4.69, 9.17) is 11.6 Å². The number of anilines is 1. The zero-order valence-electron chi connectivity index (χ0n) is 14.7. The Morgan fingerprint density at radius 1 is 1.19 bits per heavy atom. The lowest BCUT2D eigenvalue weighted by atomic mass is 10.1. The molecule has 8 heteroatoms. The molecule has 0 unspecified atom stereocenters. The van der Waals surface area contributed by atoms with E-state index in [1.54, 1.807) is 36.4 Å². The second-order valence-corrected chi connectivity index (χ2v) is 8.23. The van der Waals surface area contributed by atoms with Gasteiger partial charge in [0.25, 0.3) is 5.91 Å². The molecule has 1 amide bonds. The third kappa shape index (κ3) is 5.57. The minimum absolute atomic E-state index is 0.367. The van der Waals surface area contributed by atoms with Gasteiger partial charge in [0.1, 0.15) is 6.54 Å². The zero-order valence-corrected chi connectivity index (χ0v) is 16.3. The maximum Gasteiger partial charge on any atom is 0.260 e. The Bertz CT molecular complexity index is 942. The molecule has 0 atom stereocenters. The number of benzene rings is 2. The van der Waals surface area contributed by atoms with E-state index >= 15 is 0 Å². The van der Waals surface area contributed by atoms with Crippen molar-refractivity contribution in [2.24, 2.45) is 5.10 Å². The van der Waals surface area contributed by atoms with Crippen LogP contribution in [0, 0.1) is 13.8 Å². The fourth-order valence-electron chi connectivity index (χ4n) is 2.21. The van der Waals surface area contributed by atoms with Crippen LogP contribution in [0.3, 0.4) is 0 Å². The molecule has 0 aliphatic heterocycles. The quantitative estimate of drug-likeness (QED) is 0.605. The Kier molecular flexibility index (Phi) is 6.39. The molecule has 0 aliphatic carbocycles. The maximum atomic E-state index is 12.1. The average molecular weight is 394 g/mol. The number of carbonyl (C=O) groups is 1. The van der Waals surface area contributed by atoms with Gasteiger partial charge in [-0.25, -0.2) is 13.8 Å². The van der Waals surface area contributed by atoms with E-state index < -0.39 is 15.9 Å². The molecule has 0 aromatic heterocycles. The Morgan fingerprint density at radius 3 is 2.54 bits per heavy atom. The van der Waals surface area contributed by atoms with E-state index in [-0.39, 0.29) is 6.54 Å². The van der Waals surface area contributed by atoms with Gasteiger partial charge in [0.2, 0.25) is 10.0 Å². The molecule has 6 nitrogen and oxygen atoms in total. The Balaban J connectivity index is 2.11. The zero-order chi connectivity index (χ0) is 19.3. The molecule has 2 aromatic carbocycles. The van der Waals surface area contributed by atoms with E-state index in [1.165, 1.54) is 6.21 Å². The normalized spacial score (nSPS) is 11.5.